The molecular weight excluding hydrogens is 274 g/mol. The Kier molecular flexibility index (Phi) is 4.44. The quantitative estimate of drug-likeness (QED) is 0.613. The fourth-order valence-corrected chi connectivity index (χ4v) is 3.34. The summed E-state index contributed by atoms with van der Waals surface area (Å²) in [6.07, 6.45) is 3.24. The molecule has 0 aliphatic carbocycles. The van der Waals surface area contributed by atoms with Gasteiger partial charge in [0.25, 0.3) is 5.24 Å². The van der Waals surface area contributed by atoms with Gasteiger partial charge in [-0.2, -0.15) is 0 Å². The van der Waals surface area contributed by atoms with E-state index in [1.807, 2.05) is 18.7 Å². The summed E-state index contributed by atoms with van der Waals surface area (Å²) in [5, 5.41) is 3.32. The standard InChI is InChI=1S/C14H23N3O2S/c1-4-7-17-12(18)11(10(2)3)15-14(17)5-8-16(9-6-14)13(19)20/h4,10-11,15H,1,5-9H2,2-3H3,(H,19,20). The molecule has 20 heavy (non-hydrogen) atoms. The van der Waals surface area contributed by atoms with Crippen LogP contribution in [0, 0.1) is 5.92 Å². The number of carbonyl (C=O) groups is 2. The lowest BCUT2D eigenvalue weighted by molar-refractivity contribution is -0.133. The minimum Gasteiger partial charge on any atom is -0.334 e. The molecule has 1 atom stereocenters. The number of nitrogens with one attached hydrogen (secondary N) is 1. The second-order valence-corrected chi connectivity index (χ2v) is 6.29. The number of nitrogens with zero attached hydrogens (tertiary/aromatic N) is 2. The molecule has 5 nitrogen and oxygen atoms in total. The van der Waals surface area contributed by atoms with Crippen LogP contribution >= 0.6 is 12.6 Å². The normalized spacial score (nSPS) is 25.6. The summed E-state index contributed by atoms with van der Waals surface area (Å²) >= 11 is 3.87. The Balaban J connectivity index is 2.18. The van der Waals surface area contributed by atoms with Crippen LogP contribution in [-0.2, 0) is 4.79 Å². The number of hydrogen-bond donors (Lipinski definition) is 2. The van der Waals surface area contributed by atoms with Crippen LogP contribution in [0.15, 0.2) is 12.7 Å². The molecule has 0 aromatic heterocycles. The van der Waals surface area contributed by atoms with Crippen molar-refractivity contribution in [2.75, 3.05) is 19.6 Å². The molecule has 0 radical (unpaired) electrons. The summed E-state index contributed by atoms with van der Waals surface area (Å²) in [6, 6.07) is -0.145. The lowest BCUT2D eigenvalue weighted by Gasteiger charge is -2.44. The van der Waals surface area contributed by atoms with E-state index in [9.17, 15) is 9.59 Å². The number of thiol groups is 1. The van der Waals surface area contributed by atoms with Crippen LogP contribution in [0.3, 0.4) is 0 Å². The predicted molar refractivity (Wildman–Crippen MR) is 81.6 cm³/mol. The van der Waals surface area contributed by atoms with Gasteiger partial charge in [-0.1, -0.05) is 32.6 Å². The maximum absolute atomic E-state index is 12.5. The van der Waals surface area contributed by atoms with Gasteiger partial charge in [0.1, 0.15) is 0 Å². The molecule has 2 rings (SSSR count). The largest absolute Gasteiger partial charge is 0.334 e. The second-order valence-electron chi connectivity index (χ2n) is 5.90. The van der Waals surface area contributed by atoms with E-state index in [-0.39, 0.29) is 28.8 Å². The van der Waals surface area contributed by atoms with Crippen LogP contribution in [-0.4, -0.2) is 52.3 Å². The number of likely N-dealkylation sites (tertiary alicyclic amines) is 1. The second kappa shape index (κ2) is 5.77. The summed E-state index contributed by atoms with van der Waals surface area (Å²) in [6.45, 7) is 9.65. The summed E-state index contributed by atoms with van der Waals surface area (Å²) < 4.78 is 0. The van der Waals surface area contributed by atoms with E-state index in [2.05, 4.69) is 24.5 Å². The molecule has 6 heteroatoms. The van der Waals surface area contributed by atoms with Crippen molar-refractivity contribution in [3.8, 4) is 0 Å². The van der Waals surface area contributed by atoms with Crippen molar-refractivity contribution >= 4 is 23.8 Å². The first kappa shape index (κ1) is 15.4. The van der Waals surface area contributed by atoms with Gasteiger partial charge in [-0.3, -0.25) is 14.9 Å². The molecule has 2 aliphatic rings. The highest BCUT2D eigenvalue weighted by Crippen LogP contribution is 2.34. The third kappa shape index (κ3) is 2.59. The Hall–Kier alpha value is -1.01. The van der Waals surface area contributed by atoms with Gasteiger partial charge >= 0.3 is 0 Å². The van der Waals surface area contributed by atoms with Crippen LogP contribution in [0.4, 0.5) is 4.79 Å². The monoisotopic (exact) mass is 297 g/mol. The van der Waals surface area contributed by atoms with E-state index in [4.69, 9.17) is 0 Å². The van der Waals surface area contributed by atoms with Gasteiger partial charge < -0.3 is 9.80 Å². The highest BCUT2D eigenvalue weighted by molar-refractivity contribution is 7.96. The summed E-state index contributed by atoms with van der Waals surface area (Å²) in [5.74, 6) is 0.393. The summed E-state index contributed by atoms with van der Waals surface area (Å²) in [7, 11) is 0. The molecule has 2 amide bonds. The molecule has 112 valence electrons. The predicted octanol–water partition coefficient (Wildman–Crippen LogP) is 1.47. The zero-order valence-electron chi connectivity index (χ0n) is 12.1. The third-order valence-corrected chi connectivity index (χ3v) is 4.60. The maximum Gasteiger partial charge on any atom is 0.278 e. The molecule has 2 fully saturated rings. The van der Waals surface area contributed by atoms with Gasteiger partial charge in [0.15, 0.2) is 0 Å². The minimum absolute atomic E-state index is 0.144. The van der Waals surface area contributed by atoms with Gasteiger partial charge in [-0.25, -0.2) is 0 Å². The topological polar surface area (TPSA) is 52.7 Å². The Morgan fingerprint density at radius 3 is 2.60 bits per heavy atom. The number of piperidine rings is 1. The molecule has 0 aromatic rings. The van der Waals surface area contributed by atoms with E-state index in [0.717, 1.165) is 12.8 Å². The van der Waals surface area contributed by atoms with Crippen LogP contribution in [0.25, 0.3) is 0 Å². The Morgan fingerprint density at radius 2 is 2.15 bits per heavy atom. The third-order valence-electron chi connectivity index (χ3n) is 4.31. The zero-order valence-corrected chi connectivity index (χ0v) is 13.0. The number of rotatable bonds is 3. The molecule has 2 saturated heterocycles. The molecule has 0 saturated carbocycles. The fraction of sp³-hybridized carbons (Fsp3) is 0.714. The number of hydrogen-bond acceptors (Lipinski definition) is 3. The Bertz CT molecular complexity index is 417. The average Bonchev–Trinajstić information content (AvgIpc) is 2.66. The molecule has 0 bridgehead atoms. The molecule has 1 unspecified atom stereocenters. The minimum atomic E-state index is -0.333. The van der Waals surface area contributed by atoms with E-state index in [1.165, 1.54) is 0 Å². The summed E-state index contributed by atoms with van der Waals surface area (Å²) in [4.78, 5) is 27.5. The number of carbonyl (C=O) groups excluding carboxylic acids is 2. The van der Waals surface area contributed by atoms with Crippen molar-refractivity contribution in [3.05, 3.63) is 12.7 Å². The van der Waals surface area contributed by atoms with Gasteiger partial charge in [0, 0.05) is 32.5 Å². The van der Waals surface area contributed by atoms with Gasteiger partial charge in [-0.05, 0) is 5.92 Å². The Labute approximate surface area is 125 Å². The summed E-state index contributed by atoms with van der Waals surface area (Å²) in [5.41, 5.74) is -0.333. The maximum atomic E-state index is 12.5. The van der Waals surface area contributed by atoms with Crippen LogP contribution in [0.5, 0.6) is 0 Å². The van der Waals surface area contributed by atoms with Crippen LogP contribution < -0.4 is 5.32 Å². The SMILES string of the molecule is C=CCN1C(=O)C(C(C)C)NC12CCN(C(=O)S)CC2. The van der Waals surface area contributed by atoms with Gasteiger partial charge in [0.2, 0.25) is 5.91 Å². The highest BCUT2D eigenvalue weighted by atomic mass is 32.1. The van der Waals surface area contributed by atoms with Crippen LogP contribution in [0.2, 0.25) is 0 Å². The lowest BCUT2D eigenvalue weighted by Crippen LogP contribution is -2.59. The molecule has 1 spiro atoms. The first-order valence-corrected chi connectivity index (χ1v) is 7.54. The van der Waals surface area contributed by atoms with Crippen molar-refractivity contribution in [2.45, 2.75) is 38.4 Å². The van der Waals surface area contributed by atoms with Crippen molar-refractivity contribution in [1.82, 2.24) is 15.1 Å². The van der Waals surface area contributed by atoms with E-state index in [1.54, 1.807) is 11.0 Å². The molecular formula is C14H23N3O2S. The first-order chi connectivity index (χ1) is 9.41. The molecule has 1 N–H and O–H groups in total. The van der Waals surface area contributed by atoms with Gasteiger partial charge in [-0.15, -0.1) is 6.58 Å². The van der Waals surface area contributed by atoms with Gasteiger partial charge in [0.05, 0.1) is 11.7 Å². The van der Waals surface area contributed by atoms with Crippen molar-refractivity contribution < 1.29 is 9.59 Å². The van der Waals surface area contributed by atoms with E-state index in [0.29, 0.717) is 19.6 Å². The fourth-order valence-electron chi connectivity index (χ4n) is 3.14. The van der Waals surface area contributed by atoms with Crippen molar-refractivity contribution in [1.29, 1.82) is 0 Å². The van der Waals surface area contributed by atoms with Crippen LogP contribution in [0.1, 0.15) is 26.7 Å². The number of amides is 2. The Morgan fingerprint density at radius 1 is 1.55 bits per heavy atom. The molecule has 0 aromatic carbocycles. The zero-order chi connectivity index (χ0) is 14.9. The first-order valence-electron chi connectivity index (χ1n) is 7.09. The molecule has 2 aliphatic heterocycles. The lowest BCUT2D eigenvalue weighted by atomic mass is 9.96. The average molecular weight is 297 g/mol. The van der Waals surface area contributed by atoms with E-state index >= 15 is 0 Å². The van der Waals surface area contributed by atoms with E-state index < -0.39 is 0 Å². The smallest absolute Gasteiger partial charge is 0.278 e. The molecule has 2 heterocycles. The highest BCUT2D eigenvalue weighted by Gasteiger charge is 2.51. The van der Waals surface area contributed by atoms with Crippen molar-refractivity contribution in [3.63, 3.8) is 0 Å². The van der Waals surface area contributed by atoms with Crippen molar-refractivity contribution in [2.24, 2.45) is 5.92 Å².